The number of thioether (sulfide) groups is 1. The van der Waals surface area contributed by atoms with Crippen molar-refractivity contribution in [2.24, 2.45) is 0 Å². The number of carboxylic acids is 1. The predicted octanol–water partition coefficient (Wildman–Crippen LogP) is 2.79. The van der Waals surface area contributed by atoms with Gasteiger partial charge in [0.15, 0.2) is 6.10 Å². The Labute approximate surface area is 96.6 Å². The first-order valence-electron chi connectivity index (χ1n) is 5.55. The van der Waals surface area contributed by atoms with E-state index in [1.807, 2.05) is 6.26 Å². The first kappa shape index (κ1) is 14.8. The third kappa shape index (κ3) is 8.75. The minimum Gasteiger partial charge on any atom is -0.479 e. The monoisotopic (exact) mass is 234 g/mol. The van der Waals surface area contributed by atoms with E-state index in [9.17, 15) is 4.79 Å². The van der Waals surface area contributed by atoms with Gasteiger partial charge in [-0.05, 0) is 24.9 Å². The number of carboxylic acid groups (broad SMARTS) is 1. The van der Waals surface area contributed by atoms with Crippen molar-refractivity contribution < 1.29 is 14.6 Å². The maximum absolute atomic E-state index is 10.8. The third-order valence-corrected chi connectivity index (χ3v) is 2.82. The highest BCUT2D eigenvalue weighted by Gasteiger charge is 2.16. The molecule has 0 saturated carbocycles. The number of ether oxygens (including phenoxy) is 1. The summed E-state index contributed by atoms with van der Waals surface area (Å²) in [5.41, 5.74) is 0. The van der Waals surface area contributed by atoms with E-state index in [1.165, 1.54) is 12.8 Å². The van der Waals surface area contributed by atoms with Crippen molar-refractivity contribution in [1.82, 2.24) is 0 Å². The minimum atomic E-state index is -0.834. The normalized spacial score (nSPS) is 12.7. The fourth-order valence-corrected chi connectivity index (χ4v) is 1.71. The summed E-state index contributed by atoms with van der Waals surface area (Å²) in [7, 11) is 0. The van der Waals surface area contributed by atoms with E-state index in [2.05, 4.69) is 6.92 Å². The van der Waals surface area contributed by atoms with Crippen molar-refractivity contribution in [3.8, 4) is 0 Å². The van der Waals surface area contributed by atoms with Crippen LogP contribution in [0, 0.1) is 0 Å². The van der Waals surface area contributed by atoms with E-state index in [-0.39, 0.29) is 0 Å². The Hall–Kier alpha value is -0.220. The molecule has 0 aliphatic heterocycles. The lowest BCUT2D eigenvalue weighted by Gasteiger charge is -2.12. The molecule has 4 heteroatoms. The summed E-state index contributed by atoms with van der Waals surface area (Å²) in [6.07, 6.45) is 6.45. The van der Waals surface area contributed by atoms with Crippen LogP contribution in [0.4, 0.5) is 0 Å². The molecule has 0 aliphatic rings. The van der Waals surface area contributed by atoms with Crippen molar-refractivity contribution >= 4 is 17.7 Å². The lowest BCUT2D eigenvalue weighted by atomic mass is 10.2. The summed E-state index contributed by atoms with van der Waals surface area (Å²) in [6, 6.07) is 0. The van der Waals surface area contributed by atoms with Crippen molar-refractivity contribution in [2.75, 3.05) is 18.6 Å². The Morgan fingerprint density at radius 2 is 2.13 bits per heavy atom. The Balaban J connectivity index is 3.53. The number of hydrogen-bond acceptors (Lipinski definition) is 3. The molecule has 0 aromatic rings. The molecule has 0 aliphatic carbocycles. The Bertz CT molecular complexity index is 162. The highest BCUT2D eigenvalue weighted by atomic mass is 32.2. The van der Waals surface area contributed by atoms with E-state index in [0.29, 0.717) is 13.0 Å². The highest BCUT2D eigenvalue weighted by molar-refractivity contribution is 7.98. The van der Waals surface area contributed by atoms with Gasteiger partial charge in [-0.15, -0.1) is 0 Å². The summed E-state index contributed by atoms with van der Waals surface area (Å²) in [5.74, 6) is 0.00546. The zero-order valence-electron chi connectivity index (χ0n) is 9.70. The van der Waals surface area contributed by atoms with Crippen molar-refractivity contribution in [3.05, 3.63) is 0 Å². The molecule has 0 heterocycles. The molecule has 90 valence electrons. The first-order chi connectivity index (χ1) is 7.22. The molecule has 0 amide bonds. The Morgan fingerprint density at radius 1 is 1.40 bits per heavy atom. The number of unbranched alkanes of at least 4 members (excludes halogenated alkanes) is 3. The molecule has 0 saturated heterocycles. The number of hydrogen-bond donors (Lipinski definition) is 1. The number of aliphatic carboxylic acids is 1. The van der Waals surface area contributed by atoms with Gasteiger partial charge in [-0.3, -0.25) is 0 Å². The summed E-state index contributed by atoms with van der Waals surface area (Å²) in [5, 5.41) is 8.87. The average molecular weight is 234 g/mol. The average Bonchev–Trinajstić information content (AvgIpc) is 2.21. The molecule has 1 N–H and O–H groups in total. The van der Waals surface area contributed by atoms with Gasteiger partial charge in [-0.1, -0.05) is 26.2 Å². The maximum atomic E-state index is 10.8. The molecule has 15 heavy (non-hydrogen) atoms. The fraction of sp³-hybridized carbons (Fsp3) is 0.909. The predicted molar refractivity (Wildman–Crippen MR) is 64.5 cm³/mol. The Morgan fingerprint density at radius 3 is 2.67 bits per heavy atom. The molecule has 1 unspecified atom stereocenters. The van der Waals surface area contributed by atoms with Crippen LogP contribution < -0.4 is 0 Å². The molecule has 0 aromatic heterocycles. The van der Waals surface area contributed by atoms with Crippen LogP contribution >= 0.6 is 11.8 Å². The van der Waals surface area contributed by atoms with E-state index < -0.39 is 12.1 Å². The van der Waals surface area contributed by atoms with Gasteiger partial charge in [-0.2, -0.15) is 11.8 Å². The molecule has 0 fully saturated rings. The number of rotatable bonds is 10. The molecule has 0 radical (unpaired) electrons. The second-order valence-electron chi connectivity index (χ2n) is 3.54. The van der Waals surface area contributed by atoms with Crippen LogP contribution in [0.2, 0.25) is 0 Å². The molecule has 0 spiro atoms. The van der Waals surface area contributed by atoms with Gasteiger partial charge in [0.25, 0.3) is 0 Å². The molecule has 3 nitrogen and oxygen atoms in total. The first-order valence-corrected chi connectivity index (χ1v) is 6.95. The lowest BCUT2D eigenvalue weighted by molar-refractivity contribution is -0.150. The van der Waals surface area contributed by atoms with E-state index in [0.717, 1.165) is 18.6 Å². The van der Waals surface area contributed by atoms with E-state index in [1.54, 1.807) is 11.8 Å². The van der Waals surface area contributed by atoms with Crippen LogP contribution in [0.5, 0.6) is 0 Å². The molecule has 0 bridgehead atoms. The molecule has 0 aromatic carbocycles. The van der Waals surface area contributed by atoms with Crippen LogP contribution in [0.1, 0.15) is 39.0 Å². The quantitative estimate of drug-likeness (QED) is 0.590. The van der Waals surface area contributed by atoms with Crippen LogP contribution in [-0.4, -0.2) is 35.8 Å². The van der Waals surface area contributed by atoms with Gasteiger partial charge in [0.1, 0.15) is 0 Å². The van der Waals surface area contributed by atoms with E-state index in [4.69, 9.17) is 9.84 Å². The fourth-order valence-electron chi connectivity index (χ4n) is 1.26. The molecule has 0 rings (SSSR count). The largest absolute Gasteiger partial charge is 0.479 e. The van der Waals surface area contributed by atoms with Gasteiger partial charge in [0.2, 0.25) is 0 Å². The van der Waals surface area contributed by atoms with Gasteiger partial charge in [-0.25, -0.2) is 4.79 Å². The minimum absolute atomic E-state index is 0.575. The highest BCUT2D eigenvalue weighted by Crippen LogP contribution is 2.07. The van der Waals surface area contributed by atoms with Crippen LogP contribution in [0.15, 0.2) is 0 Å². The van der Waals surface area contributed by atoms with Crippen molar-refractivity contribution in [2.45, 2.75) is 45.1 Å². The number of carbonyl (C=O) groups is 1. The SMILES string of the molecule is CCCCCCOC(CCSC)C(=O)O. The van der Waals surface area contributed by atoms with Crippen molar-refractivity contribution in [3.63, 3.8) is 0 Å². The maximum Gasteiger partial charge on any atom is 0.332 e. The van der Waals surface area contributed by atoms with Crippen LogP contribution in [-0.2, 0) is 9.53 Å². The van der Waals surface area contributed by atoms with Gasteiger partial charge >= 0.3 is 5.97 Å². The standard InChI is InChI=1S/C11H22O3S/c1-3-4-5-6-8-14-10(11(12)13)7-9-15-2/h10H,3-9H2,1-2H3,(H,12,13). The van der Waals surface area contributed by atoms with Gasteiger partial charge in [0, 0.05) is 6.61 Å². The Kier molecular flexibility index (Phi) is 10.2. The third-order valence-electron chi connectivity index (χ3n) is 2.18. The zero-order chi connectivity index (χ0) is 11.5. The zero-order valence-corrected chi connectivity index (χ0v) is 10.5. The molecule has 1 atom stereocenters. The van der Waals surface area contributed by atoms with Crippen LogP contribution in [0.25, 0.3) is 0 Å². The summed E-state index contributed by atoms with van der Waals surface area (Å²) in [6.45, 7) is 2.73. The lowest BCUT2D eigenvalue weighted by Crippen LogP contribution is -2.25. The summed E-state index contributed by atoms with van der Waals surface area (Å²) in [4.78, 5) is 10.8. The van der Waals surface area contributed by atoms with Crippen LogP contribution in [0.3, 0.4) is 0 Å². The van der Waals surface area contributed by atoms with Gasteiger partial charge in [0.05, 0.1) is 0 Å². The topological polar surface area (TPSA) is 46.5 Å². The summed E-state index contributed by atoms with van der Waals surface area (Å²) < 4.78 is 5.34. The van der Waals surface area contributed by atoms with E-state index >= 15 is 0 Å². The molecular weight excluding hydrogens is 212 g/mol. The van der Waals surface area contributed by atoms with Crippen molar-refractivity contribution in [1.29, 1.82) is 0 Å². The van der Waals surface area contributed by atoms with Gasteiger partial charge < -0.3 is 9.84 Å². The second-order valence-corrected chi connectivity index (χ2v) is 4.53. The smallest absolute Gasteiger partial charge is 0.332 e. The summed E-state index contributed by atoms with van der Waals surface area (Å²) >= 11 is 1.65. The second kappa shape index (κ2) is 10.3. The molecular formula is C11H22O3S.